The Hall–Kier alpha value is -0.130. The average molecular weight is 248 g/mol. The Labute approximate surface area is 99.5 Å². The average Bonchev–Trinajstić information content (AvgIpc) is 2.27. The van der Waals surface area contributed by atoms with Gasteiger partial charge in [-0.3, -0.25) is 0 Å². The third kappa shape index (κ3) is 3.71. The van der Waals surface area contributed by atoms with Crippen LogP contribution in [0.15, 0.2) is 0 Å². The van der Waals surface area contributed by atoms with E-state index in [2.05, 4.69) is 5.32 Å². The van der Waals surface area contributed by atoms with Crippen LogP contribution in [0, 0.1) is 0 Å². The smallest absolute Gasteiger partial charge is 0.217 e. The van der Waals surface area contributed by atoms with Gasteiger partial charge in [0.2, 0.25) is 10.0 Å². The predicted molar refractivity (Wildman–Crippen MR) is 66.9 cm³/mol. The summed E-state index contributed by atoms with van der Waals surface area (Å²) in [6, 6.07) is 0.332. The monoisotopic (exact) mass is 248 g/mol. The summed E-state index contributed by atoms with van der Waals surface area (Å²) >= 11 is 0. The zero-order valence-corrected chi connectivity index (χ0v) is 11.4. The Morgan fingerprint density at radius 1 is 1.12 bits per heavy atom. The maximum atomic E-state index is 12.2. The van der Waals surface area contributed by atoms with Crippen LogP contribution in [0.1, 0.15) is 40.0 Å². The highest BCUT2D eigenvalue weighted by atomic mass is 32.2. The highest BCUT2D eigenvalue weighted by molar-refractivity contribution is 7.89. The molecule has 1 heterocycles. The van der Waals surface area contributed by atoms with Crippen molar-refractivity contribution in [3.05, 3.63) is 0 Å². The first-order valence-electron chi connectivity index (χ1n) is 6.17. The summed E-state index contributed by atoms with van der Waals surface area (Å²) in [5.41, 5.74) is 0. The molecular weight excluding hydrogens is 224 g/mol. The Kier molecular flexibility index (Phi) is 5.21. The summed E-state index contributed by atoms with van der Waals surface area (Å²) < 4.78 is 26.0. The van der Waals surface area contributed by atoms with Crippen LogP contribution in [0.3, 0.4) is 0 Å². The van der Waals surface area contributed by atoms with E-state index in [4.69, 9.17) is 0 Å². The summed E-state index contributed by atoms with van der Waals surface area (Å²) in [6.07, 6.45) is 3.16. The first kappa shape index (κ1) is 13.9. The van der Waals surface area contributed by atoms with Crippen LogP contribution in [0.2, 0.25) is 0 Å². The number of hydrogen-bond acceptors (Lipinski definition) is 3. The first-order chi connectivity index (χ1) is 7.44. The predicted octanol–water partition coefficient (Wildman–Crippen LogP) is 1.19. The molecule has 0 spiro atoms. The minimum atomic E-state index is -3.09. The number of nitrogens with zero attached hydrogens (tertiary/aromatic N) is 1. The Morgan fingerprint density at radius 3 is 2.19 bits per heavy atom. The summed E-state index contributed by atoms with van der Waals surface area (Å²) in [7, 11) is -3.09. The van der Waals surface area contributed by atoms with Crippen LogP contribution in [0.5, 0.6) is 0 Å². The number of sulfonamides is 1. The van der Waals surface area contributed by atoms with Crippen molar-refractivity contribution in [3.63, 3.8) is 0 Å². The van der Waals surface area contributed by atoms with Gasteiger partial charge in [-0.1, -0.05) is 20.3 Å². The molecule has 0 saturated carbocycles. The lowest BCUT2D eigenvalue weighted by Gasteiger charge is -2.29. The van der Waals surface area contributed by atoms with E-state index in [1.165, 1.54) is 0 Å². The molecule has 1 saturated heterocycles. The molecule has 1 fully saturated rings. The van der Waals surface area contributed by atoms with Crippen molar-refractivity contribution in [2.75, 3.05) is 19.6 Å². The fraction of sp³-hybridized carbons (Fsp3) is 1.00. The molecule has 1 atom stereocenters. The fourth-order valence-electron chi connectivity index (χ4n) is 1.88. The quantitative estimate of drug-likeness (QED) is 0.795. The van der Waals surface area contributed by atoms with E-state index >= 15 is 0 Å². The van der Waals surface area contributed by atoms with Gasteiger partial charge in [0.15, 0.2) is 0 Å². The molecule has 0 radical (unpaired) electrons. The van der Waals surface area contributed by atoms with Crippen molar-refractivity contribution in [3.8, 4) is 0 Å². The molecule has 1 aliphatic rings. The SMILES string of the molecule is CC(C)NCC(C)S(=O)(=O)N1CCCCC1. The van der Waals surface area contributed by atoms with Crippen molar-refractivity contribution in [2.24, 2.45) is 0 Å². The van der Waals surface area contributed by atoms with Gasteiger partial charge in [-0.15, -0.1) is 0 Å². The highest BCUT2D eigenvalue weighted by Crippen LogP contribution is 2.16. The van der Waals surface area contributed by atoms with E-state index in [1.807, 2.05) is 13.8 Å². The molecule has 1 rings (SSSR count). The van der Waals surface area contributed by atoms with Crippen LogP contribution < -0.4 is 5.32 Å². The van der Waals surface area contributed by atoms with Gasteiger partial charge >= 0.3 is 0 Å². The largest absolute Gasteiger partial charge is 0.313 e. The van der Waals surface area contributed by atoms with Gasteiger partial charge in [-0.25, -0.2) is 12.7 Å². The van der Waals surface area contributed by atoms with Gasteiger partial charge in [-0.05, 0) is 19.8 Å². The van der Waals surface area contributed by atoms with Crippen LogP contribution in [0.25, 0.3) is 0 Å². The zero-order valence-electron chi connectivity index (χ0n) is 10.6. The lowest BCUT2D eigenvalue weighted by molar-refractivity contribution is 0.341. The van der Waals surface area contributed by atoms with Gasteiger partial charge in [0, 0.05) is 25.7 Å². The molecule has 1 N–H and O–H groups in total. The molecule has 4 nitrogen and oxygen atoms in total. The second-order valence-electron chi connectivity index (χ2n) is 4.88. The van der Waals surface area contributed by atoms with E-state index < -0.39 is 10.0 Å². The van der Waals surface area contributed by atoms with Crippen molar-refractivity contribution in [1.29, 1.82) is 0 Å². The van der Waals surface area contributed by atoms with Gasteiger partial charge in [-0.2, -0.15) is 0 Å². The van der Waals surface area contributed by atoms with Crippen molar-refractivity contribution in [1.82, 2.24) is 9.62 Å². The second-order valence-corrected chi connectivity index (χ2v) is 7.23. The van der Waals surface area contributed by atoms with Crippen molar-refractivity contribution >= 4 is 10.0 Å². The molecule has 0 amide bonds. The van der Waals surface area contributed by atoms with E-state index in [0.29, 0.717) is 25.7 Å². The van der Waals surface area contributed by atoms with E-state index in [-0.39, 0.29) is 5.25 Å². The van der Waals surface area contributed by atoms with Gasteiger partial charge < -0.3 is 5.32 Å². The lowest BCUT2D eigenvalue weighted by atomic mass is 10.2. The zero-order chi connectivity index (χ0) is 12.2. The molecule has 16 heavy (non-hydrogen) atoms. The molecule has 5 heteroatoms. The number of rotatable bonds is 5. The maximum Gasteiger partial charge on any atom is 0.217 e. The maximum absolute atomic E-state index is 12.2. The molecule has 0 aromatic carbocycles. The number of hydrogen-bond donors (Lipinski definition) is 1. The van der Waals surface area contributed by atoms with Crippen molar-refractivity contribution < 1.29 is 8.42 Å². The molecule has 0 aromatic rings. The molecule has 96 valence electrons. The Morgan fingerprint density at radius 2 is 1.69 bits per heavy atom. The molecule has 1 aliphatic heterocycles. The highest BCUT2D eigenvalue weighted by Gasteiger charge is 2.29. The topological polar surface area (TPSA) is 49.4 Å². The fourth-order valence-corrected chi connectivity index (χ4v) is 3.46. The molecule has 0 aliphatic carbocycles. The molecular formula is C11H24N2O2S. The molecule has 1 unspecified atom stereocenters. The Bertz CT molecular complexity index is 295. The van der Waals surface area contributed by atoms with Gasteiger partial charge in [0.25, 0.3) is 0 Å². The second kappa shape index (κ2) is 5.98. The first-order valence-corrected chi connectivity index (χ1v) is 7.67. The van der Waals surface area contributed by atoms with E-state index in [1.54, 1.807) is 11.2 Å². The Balaban J connectivity index is 2.54. The van der Waals surface area contributed by atoms with Crippen LogP contribution in [-0.2, 0) is 10.0 Å². The van der Waals surface area contributed by atoms with Crippen LogP contribution in [-0.4, -0.2) is 43.6 Å². The van der Waals surface area contributed by atoms with Gasteiger partial charge in [0.05, 0.1) is 5.25 Å². The van der Waals surface area contributed by atoms with Crippen molar-refractivity contribution in [2.45, 2.75) is 51.3 Å². The van der Waals surface area contributed by atoms with E-state index in [0.717, 1.165) is 19.3 Å². The number of piperidine rings is 1. The summed E-state index contributed by atoms with van der Waals surface area (Å²) in [4.78, 5) is 0. The summed E-state index contributed by atoms with van der Waals surface area (Å²) in [6.45, 7) is 7.79. The minimum absolute atomic E-state index is 0.326. The molecule has 0 bridgehead atoms. The van der Waals surface area contributed by atoms with Gasteiger partial charge in [0.1, 0.15) is 0 Å². The normalized spacial score (nSPS) is 21.2. The van der Waals surface area contributed by atoms with Crippen LogP contribution >= 0.6 is 0 Å². The van der Waals surface area contributed by atoms with E-state index in [9.17, 15) is 8.42 Å². The molecule has 0 aromatic heterocycles. The number of nitrogens with one attached hydrogen (secondary N) is 1. The standard InChI is InChI=1S/C11H24N2O2S/c1-10(2)12-9-11(3)16(14,15)13-7-5-4-6-8-13/h10-12H,4-9H2,1-3H3. The summed E-state index contributed by atoms with van der Waals surface area (Å²) in [5, 5.41) is 2.86. The van der Waals surface area contributed by atoms with Crippen LogP contribution in [0.4, 0.5) is 0 Å². The lowest BCUT2D eigenvalue weighted by Crippen LogP contribution is -2.45. The summed E-state index contributed by atoms with van der Waals surface area (Å²) in [5.74, 6) is 0. The third-order valence-corrected chi connectivity index (χ3v) is 5.27. The third-order valence-electron chi connectivity index (χ3n) is 3.00. The minimum Gasteiger partial charge on any atom is -0.313 e.